The van der Waals surface area contributed by atoms with Crippen LogP contribution in [-0.4, -0.2) is 59.7 Å². The average molecular weight is 658 g/mol. The highest BCUT2D eigenvalue weighted by Crippen LogP contribution is 2.65. The third kappa shape index (κ3) is 9.04. The predicted molar refractivity (Wildman–Crippen MR) is 182 cm³/mol. The van der Waals surface area contributed by atoms with Gasteiger partial charge in [-0.05, 0) is 74.7 Å². The van der Waals surface area contributed by atoms with Crippen LogP contribution in [0, 0.1) is 46.1 Å². The summed E-state index contributed by atoms with van der Waals surface area (Å²) >= 11 is 1.70. The number of hydrazine groups is 1. The zero-order valence-electron chi connectivity index (χ0n) is 28.3. The molecule has 1 saturated heterocycles. The Morgan fingerprint density at radius 2 is 1.93 bits per heavy atom. The Bertz CT molecular complexity index is 1260. The number of aliphatic imine (C=N–C) groups is 1. The Labute approximate surface area is 278 Å². The summed E-state index contributed by atoms with van der Waals surface area (Å²) in [6.45, 7) is 13.3. The van der Waals surface area contributed by atoms with E-state index in [0.29, 0.717) is 43.3 Å². The molecule has 13 heteroatoms. The number of aryl methyl sites for hydroxylation is 1. The smallest absolute Gasteiger partial charge is 0.404 e. The van der Waals surface area contributed by atoms with Gasteiger partial charge in [0, 0.05) is 36.8 Å². The van der Waals surface area contributed by atoms with Gasteiger partial charge < -0.3 is 20.4 Å². The molecule has 4 fully saturated rings. The maximum Gasteiger partial charge on any atom is 0.481 e. The van der Waals surface area contributed by atoms with Crippen LogP contribution in [0.5, 0.6) is 0 Å². The average Bonchev–Trinajstić information content (AvgIpc) is 3.34. The molecule has 1 aliphatic heterocycles. The van der Waals surface area contributed by atoms with Gasteiger partial charge in [-0.2, -0.15) is 11.8 Å². The van der Waals surface area contributed by atoms with Crippen molar-refractivity contribution in [1.82, 2.24) is 10.7 Å². The number of nitrogens with zero attached hydrogens (tertiary/aromatic N) is 2. The first kappa shape index (κ1) is 36.2. The van der Waals surface area contributed by atoms with E-state index in [0.717, 1.165) is 18.6 Å². The van der Waals surface area contributed by atoms with Gasteiger partial charge in [0.25, 0.3) is 5.96 Å². The number of carbonyl (C=O) groups excluding carboxylic acids is 2. The van der Waals surface area contributed by atoms with E-state index >= 15 is 0 Å². The van der Waals surface area contributed by atoms with Gasteiger partial charge >= 0.3 is 7.12 Å². The van der Waals surface area contributed by atoms with Crippen molar-refractivity contribution in [3.05, 3.63) is 45.5 Å². The van der Waals surface area contributed by atoms with Crippen molar-refractivity contribution in [2.24, 2.45) is 39.8 Å². The van der Waals surface area contributed by atoms with Crippen LogP contribution in [0.3, 0.4) is 0 Å². The molecule has 4 aliphatic rings. The Kier molecular flexibility index (Phi) is 12.2. The number of Topliss-reactive ketones (excluding diaryl/α,β-unsaturated/α-hetero) is 1. The van der Waals surface area contributed by atoms with Crippen molar-refractivity contribution in [1.29, 1.82) is 0 Å². The van der Waals surface area contributed by atoms with E-state index in [4.69, 9.17) is 15.0 Å². The molecule has 6 atom stereocenters. The predicted octanol–water partition coefficient (Wildman–Crippen LogP) is 4.87. The minimum absolute atomic E-state index is 0.00622. The highest BCUT2D eigenvalue weighted by Gasteiger charge is 2.68. The van der Waals surface area contributed by atoms with Crippen LogP contribution in [-0.2, 0) is 24.7 Å². The van der Waals surface area contributed by atoms with E-state index in [2.05, 4.69) is 76.1 Å². The van der Waals surface area contributed by atoms with E-state index < -0.39 is 18.1 Å². The molecule has 0 aromatic heterocycles. The van der Waals surface area contributed by atoms with Gasteiger partial charge in [0.2, 0.25) is 5.91 Å². The lowest BCUT2D eigenvalue weighted by molar-refractivity contribution is -0.525. The summed E-state index contributed by atoms with van der Waals surface area (Å²) in [6.07, 6.45) is 4.12. The molecule has 0 spiro atoms. The second-order valence-electron chi connectivity index (χ2n) is 14.6. The fourth-order valence-electron chi connectivity index (χ4n) is 7.55. The highest BCUT2D eigenvalue weighted by atomic mass is 32.2. The molecule has 254 valence electrons. The van der Waals surface area contributed by atoms with Gasteiger partial charge in [-0.3, -0.25) is 9.59 Å². The molecule has 3 aliphatic carbocycles. The first-order chi connectivity index (χ1) is 21.7. The number of hydrogen-bond donors (Lipinski definition) is 3. The molecular formula is C33H52BN5O6S. The summed E-state index contributed by atoms with van der Waals surface area (Å²) in [5, 5.41) is 13.1. The van der Waals surface area contributed by atoms with Crippen LogP contribution in [0.2, 0.25) is 0 Å². The van der Waals surface area contributed by atoms with E-state index in [-0.39, 0.29) is 59.6 Å². The number of thioether (sulfide) groups is 1. The van der Waals surface area contributed by atoms with Crippen molar-refractivity contribution in [3.8, 4) is 0 Å². The van der Waals surface area contributed by atoms with Crippen LogP contribution in [0.25, 0.3) is 0 Å². The number of benzene rings is 1. The number of guanidine groups is 1. The lowest BCUT2D eigenvalue weighted by atomic mass is 9.43. The molecule has 1 amide bonds. The summed E-state index contributed by atoms with van der Waals surface area (Å²) in [6, 6.07) is 8.37. The number of hydrogen-bond acceptors (Lipinski definition) is 8. The number of rotatable bonds is 17. The zero-order valence-corrected chi connectivity index (χ0v) is 29.1. The van der Waals surface area contributed by atoms with Crippen molar-refractivity contribution in [3.63, 3.8) is 0 Å². The minimum Gasteiger partial charge on any atom is -0.404 e. The maximum atomic E-state index is 13.9. The van der Waals surface area contributed by atoms with Gasteiger partial charge in [0.1, 0.15) is 5.78 Å². The molecule has 46 heavy (non-hydrogen) atoms. The van der Waals surface area contributed by atoms with E-state index in [9.17, 15) is 19.7 Å². The van der Waals surface area contributed by atoms with Crippen LogP contribution < -0.4 is 16.5 Å². The lowest BCUT2D eigenvalue weighted by Gasteiger charge is -2.64. The van der Waals surface area contributed by atoms with Crippen LogP contribution in [0.1, 0.15) is 90.7 Å². The monoisotopic (exact) mass is 657 g/mol. The molecule has 1 aromatic rings. The summed E-state index contributed by atoms with van der Waals surface area (Å²) in [4.78, 5) is 41.6. The Hall–Kier alpha value is -2.64. The molecule has 4 N–H and O–H groups in total. The van der Waals surface area contributed by atoms with E-state index in [1.165, 1.54) is 11.1 Å². The Morgan fingerprint density at radius 3 is 2.59 bits per heavy atom. The van der Waals surface area contributed by atoms with Crippen LogP contribution in [0.4, 0.5) is 0 Å². The van der Waals surface area contributed by atoms with E-state index in [1.54, 1.807) is 11.8 Å². The molecule has 2 bridgehead atoms. The number of nitro groups is 1. The Morgan fingerprint density at radius 1 is 1.22 bits per heavy atom. The summed E-state index contributed by atoms with van der Waals surface area (Å²) in [7, 11) is -0.552. The van der Waals surface area contributed by atoms with Gasteiger partial charge in [-0.25, -0.2) is 15.1 Å². The second-order valence-corrected chi connectivity index (χ2v) is 15.7. The van der Waals surface area contributed by atoms with Crippen LogP contribution >= 0.6 is 11.8 Å². The molecular weight excluding hydrogens is 605 g/mol. The number of ketones is 1. The fourth-order valence-corrected chi connectivity index (χ4v) is 8.49. The molecule has 3 saturated carbocycles. The zero-order chi connectivity index (χ0) is 33.6. The number of amides is 1. The molecule has 5 rings (SSSR count). The standard InChI is InChI=1S/C33H52BN5O6S/c1-21(2)16-29(34-44-28-19-25-18-27(32(25,4)5)33(28,6)45-34)37-30(41)24(8-7-14-36-31(35)38-39(42)43)17-26(40)13-15-46-20-23-11-9-22(3)10-12-23/h9-12,21,24-25,27-29H,7-8,13-20H2,1-6H3,(H,37,41)(H3,35,36,38)/t24-,25+,27+,28-,29+,33+/m1/s1. The molecule has 0 unspecified atom stereocenters. The molecule has 11 nitrogen and oxygen atoms in total. The van der Waals surface area contributed by atoms with Gasteiger partial charge in [-0.15, -0.1) is 0 Å². The van der Waals surface area contributed by atoms with Crippen molar-refractivity contribution in [2.45, 2.75) is 110 Å². The highest BCUT2D eigenvalue weighted by molar-refractivity contribution is 7.98. The minimum atomic E-state index is -0.770. The van der Waals surface area contributed by atoms with Crippen molar-refractivity contribution >= 4 is 36.5 Å². The topological polar surface area (TPSA) is 158 Å². The first-order valence-corrected chi connectivity index (χ1v) is 17.8. The third-order valence-electron chi connectivity index (χ3n) is 10.3. The number of nitrogens with one attached hydrogen (secondary N) is 2. The van der Waals surface area contributed by atoms with Crippen molar-refractivity contribution < 1.29 is 23.9 Å². The lowest BCUT2D eigenvalue weighted by Crippen LogP contribution is -2.65. The van der Waals surface area contributed by atoms with E-state index in [1.807, 2.05) is 5.43 Å². The summed E-state index contributed by atoms with van der Waals surface area (Å²) in [5.74, 6) is 1.43. The number of carbonyl (C=O) groups is 2. The van der Waals surface area contributed by atoms with Crippen molar-refractivity contribution in [2.75, 3.05) is 12.3 Å². The normalized spacial score (nSPS) is 26.2. The van der Waals surface area contributed by atoms with Gasteiger partial charge in [0.05, 0.1) is 17.6 Å². The van der Waals surface area contributed by atoms with Gasteiger partial charge in [0.15, 0.2) is 5.03 Å². The van der Waals surface area contributed by atoms with Gasteiger partial charge in [-0.1, -0.05) is 62.9 Å². The summed E-state index contributed by atoms with van der Waals surface area (Å²) in [5.41, 5.74) is 9.64. The maximum absolute atomic E-state index is 13.9. The molecule has 0 radical (unpaired) electrons. The largest absolute Gasteiger partial charge is 0.481 e. The SMILES string of the molecule is Cc1ccc(CSCCC(=O)C[C@@H](CCCN=C(N)N[N+](=O)[O-])C(=O)N[C@@H](CC(C)C)B2O[C@@H]3C[C@@H]4C[C@@H](C4(C)C)[C@]3(C)O2)cc1. The Balaban J connectivity index is 1.38. The number of nitrogens with two attached hydrogens (primary N) is 1. The quantitative estimate of drug-likeness (QED) is 0.0531. The molecule has 1 aromatic carbocycles. The summed E-state index contributed by atoms with van der Waals surface area (Å²) < 4.78 is 13.3. The van der Waals surface area contributed by atoms with Crippen LogP contribution in [0.15, 0.2) is 29.3 Å². The second kappa shape index (κ2) is 15.5. The fraction of sp³-hybridized carbons (Fsp3) is 0.727. The third-order valence-corrected chi connectivity index (χ3v) is 11.3. The first-order valence-electron chi connectivity index (χ1n) is 16.7. The molecule has 1 heterocycles.